The normalized spacial score (nSPS) is 11.4. The lowest BCUT2D eigenvalue weighted by atomic mass is 10.1. The van der Waals surface area contributed by atoms with Gasteiger partial charge in [-0.1, -0.05) is 41.4 Å². The molecule has 0 unspecified atom stereocenters. The zero-order valence-electron chi connectivity index (χ0n) is 19.9. The van der Waals surface area contributed by atoms with E-state index in [2.05, 4.69) is 0 Å². The van der Waals surface area contributed by atoms with Crippen molar-refractivity contribution in [2.24, 2.45) is 0 Å². The van der Waals surface area contributed by atoms with E-state index < -0.39 is 21.8 Å². The van der Waals surface area contributed by atoms with Crippen LogP contribution in [-0.4, -0.2) is 58.4 Å². The molecule has 0 aliphatic heterocycles. The average Bonchev–Trinajstić information content (AvgIpc) is 2.83. The molecule has 0 N–H and O–H groups in total. The zero-order chi connectivity index (χ0) is 26.5. The molecule has 1 amide bonds. The van der Waals surface area contributed by atoms with Crippen LogP contribution in [0.4, 0.5) is 4.39 Å². The number of ether oxygens (including phenoxy) is 1. The molecule has 0 saturated heterocycles. The molecule has 0 radical (unpaired) electrons. The van der Waals surface area contributed by atoms with Crippen molar-refractivity contribution < 1.29 is 26.5 Å². The van der Waals surface area contributed by atoms with E-state index in [-0.39, 0.29) is 38.5 Å². The highest BCUT2D eigenvalue weighted by Crippen LogP contribution is 2.33. The van der Waals surface area contributed by atoms with Gasteiger partial charge in [-0.3, -0.25) is 4.79 Å². The minimum absolute atomic E-state index is 0.0524. The molecule has 0 atom stereocenters. The maximum atomic E-state index is 14.3. The van der Waals surface area contributed by atoms with Crippen molar-refractivity contribution >= 4 is 39.2 Å². The topological polar surface area (TPSA) is 76.2 Å². The molecule has 3 rings (SSSR count). The maximum absolute atomic E-state index is 14.3. The summed E-state index contributed by atoms with van der Waals surface area (Å²) < 4.78 is 50.7. The van der Waals surface area contributed by atoms with Gasteiger partial charge in [-0.2, -0.15) is 8.42 Å². The molecule has 36 heavy (non-hydrogen) atoms. The van der Waals surface area contributed by atoms with Crippen molar-refractivity contribution in [1.82, 2.24) is 9.80 Å². The molecule has 0 aliphatic carbocycles. The van der Waals surface area contributed by atoms with Gasteiger partial charge in [0.15, 0.2) is 11.5 Å². The van der Waals surface area contributed by atoms with E-state index in [1.165, 1.54) is 60.5 Å². The van der Waals surface area contributed by atoms with Gasteiger partial charge in [-0.25, -0.2) is 4.39 Å². The van der Waals surface area contributed by atoms with Crippen molar-refractivity contribution in [1.29, 1.82) is 0 Å². The number of rotatable bonds is 10. The van der Waals surface area contributed by atoms with E-state index in [0.29, 0.717) is 18.7 Å². The molecule has 0 bridgehead atoms. The summed E-state index contributed by atoms with van der Waals surface area (Å²) in [4.78, 5) is 16.3. The first kappa shape index (κ1) is 27.7. The Morgan fingerprint density at radius 2 is 1.67 bits per heavy atom. The summed E-state index contributed by atoms with van der Waals surface area (Å²) in [5, 5.41) is 0.262. The SMILES string of the molecule is COc1ccc(CN(CCN(C)C)C(=O)c2ccccc2F)cc1OS(=O)(=O)c1ccc(Cl)c(Cl)c1. The van der Waals surface area contributed by atoms with E-state index in [4.69, 9.17) is 32.1 Å². The molecule has 3 aromatic rings. The van der Waals surface area contributed by atoms with Gasteiger partial charge in [0.2, 0.25) is 0 Å². The summed E-state index contributed by atoms with van der Waals surface area (Å²) in [7, 11) is 0.817. The summed E-state index contributed by atoms with van der Waals surface area (Å²) in [6.07, 6.45) is 0. The molecular weight excluding hydrogens is 530 g/mol. The Morgan fingerprint density at radius 3 is 2.31 bits per heavy atom. The van der Waals surface area contributed by atoms with Crippen LogP contribution in [0.25, 0.3) is 0 Å². The van der Waals surface area contributed by atoms with Crippen molar-refractivity contribution in [3.63, 3.8) is 0 Å². The molecule has 3 aromatic carbocycles. The molecule has 0 aliphatic rings. The number of hydrogen-bond donors (Lipinski definition) is 0. The fraction of sp³-hybridized carbons (Fsp3) is 0.240. The van der Waals surface area contributed by atoms with Crippen molar-refractivity contribution in [3.8, 4) is 11.5 Å². The molecule has 0 saturated carbocycles. The molecule has 192 valence electrons. The third-order valence-electron chi connectivity index (χ3n) is 5.19. The first-order valence-electron chi connectivity index (χ1n) is 10.8. The first-order chi connectivity index (χ1) is 17.0. The second kappa shape index (κ2) is 11.9. The fourth-order valence-electron chi connectivity index (χ4n) is 3.28. The van der Waals surface area contributed by atoms with Crippen molar-refractivity contribution in [3.05, 3.63) is 87.7 Å². The predicted octanol–water partition coefficient (Wildman–Crippen LogP) is 5.11. The maximum Gasteiger partial charge on any atom is 0.339 e. The van der Waals surface area contributed by atoms with E-state index in [0.717, 1.165) is 0 Å². The quantitative estimate of drug-likeness (QED) is 0.324. The molecule has 0 aromatic heterocycles. The summed E-state index contributed by atoms with van der Waals surface area (Å²) in [6.45, 7) is 0.920. The van der Waals surface area contributed by atoms with Gasteiger partial charge in [-0.05, 0) is 62.1 Å². The number of methoxy groups -OCH3 is 1. The van der Waals surface area contributed by atoms with Crippen LogP contribution in [0.5, 0.6) is 11.5 Å². The number of amides is 1. The Labute approximate surface area is 220 Å². The average molecular weight is 555 g/mol. The standard InChI is InChI=1S/C25H25Cl2FN2O5S/c1-29(2)12-13-30(25(31)19-6-4-5-7-22(19)28)16-17-8-11-23(34-3)24(14-17)35-36(32,33)18-9-10-20(26)21(27)15-18/h4-11,14-15H,12-13,16H2,1-3H3. The Hall–Kier alpha value is -2.85. The van der Waals surface area contributed by atoms with Gasteiger partial charge in [0.05, 0.1) is 22.7 Å². The van der Waals surface area contributed by atoms with E-state index >= 15 is 0 Å². The molecule has 7 nitrogen and oxygen atoms in total. The van der Waals surface area contributed by atoms with Crippen LogP contribution in [-0.2, 0) is 16.7 Å². The summed E-state index contributed by atoms with van der Waals surface area (Å²) in [5.41, 5.74) is 0.502. The molecule has 0 spiro atoms. The lowest BCUT2D eigenvalue weighted by Gasteiger charge is -2.25. The summed E-state index contributed by atoms with van der Waals surface area (Å²) >= 11 is 11.8. The number of halogens is 3. The number of carbonyl (C=O) groups excluding carboxylic acids is 1. The van der Waals surface area contributed by atoms with Gasteiger partial charge in [-0.15, -0.1) is 0 Å². The van der Waals surface area contributed by atoms with Crippen LogP contribution in [0.2, 0.25) is 10.0 Å². The molecule has 11 heteroatoms. The number of carbonyl (C=O) groups is 1. The molecule has 0 heterocycles. The number of hydrogen-bond acceptors (Lipinski definition) is 6. The number of nitrogens with zero attached hydrogens (tertiary/aromatic N) is 2. The van der Waals surface area contributed by atoms with Crippen LogP contribution in [0.15, 0.2) is 65.6 Å². The van der Waals surface area contributed by atoms with Crippen molar-refractivity contribution in [2.45, 2.75) is 11.4 Å². The lowest BCUT2D eigenvalue weighted by molar-refractivity contribution is 0.0727. The summed E-state index contributed by atoms with van der Waals surface area (Å²) in [5.74, 6) is -1.02. The van der Waals surface area contributed by atoms with Crippen LogP contribution in [0, 0.1) is 5.82 Å². The van der Waals surface area contributed by atoms with Gasteiger partial charge in [0.1, 0.15) is 10.7 Å². The van der Waals surface area contributed by atoms with Crippen LogP contribution in [0.1, 0.15) is 15.9 Å². The Bertz CT molecular complexity index is 1350. The van der Waals surface area contributed by atoms with E-state index in [1.807, 2.05) is 19.0 Å². The van der Waals surface area contributed by atoms with Gasteiger partial charge >= 0.3 is 10.1 Å². The van der Waals surface area contributed by atoms with Crippen LogP contribution < -0.4 is 8.92 Å². The second-order valence-electron chi connectivity index (χ2n) is 8.11. The highest BCUT2D eigenvalue weighted by molar-refractivity contribution is 7.87. The van der Waals surface area contributed by atoms with Gasteiger partial charge < -0.3 is 18.7 Å². The highest BCUT2D eigenvalue weighted by Gasteiger charge is 2.23. The van der Waals surface area contributed by atoms with Crippen molar-refractivity contribution in [2.75, 3.05) is 34.3 Å². The Morgan fingerprint density at radius 1 is 0.944 bits per heavy atom. The third kappa shape index (κ3) is 6.88. The Balaban J connectivity index is 1.92. The fourth-order valence-corrected chi connectivity index (χ4v) is 4.60. The third-order valence-corrected chi connectivity index (χ3v) is 7.16. The minimum Gasteiger partial charge on any atom is -0.493 e. The Kier molecular flexibility index (Phi) is 9.19. The number of likely N-dealkylation sites (N-methyl/N-ethyl adjacent to an activating group) is 1. The van der Waals surface area contributed by atoms with Gasteiger partial charge in [0.25, 0.3) is 5.91 Å². The van der Waals surface area contributed by atoms with Gasteiger partial charge in [0, 0.05) is 19.6 Å². The van der Waals surface area contributed by atoms with E-state index in [1.54, 1.807) is 12.1 Å². The molecule has 0 fully saturated rings. The summed E-state index contributed by atoms with van der Waals surface area (Å²) in [6, 6.07) is 14.2. The predicted molar refractivity (Wildman–Crippen MR) is 137 cm³/mol. The van der Waals surface area contributed by atoms with Crippen LogP contribution in [0.3, 0.4) is 0 Å². The smallest absolute Gasteiger partial charge is 0.339 e. The monoisotopic (exact) mass is 554 g/mol. The second-order valence-corrected chi connectivity index (χ2v) is 10.5. The lowest BCUT2D eigenvalue weighted by Crippen LogP contribution is -2.36. The first-order valence-corrected chi connectivity index (χ1v) is 12.9. The minimum atomic E-state index is -4.28. The largest absolute Gasteiger partial charge is 0.493 e. The van der Waals surface area contributed by atoms with Crippen LogP contribution >= 0.6 is 23.2 Å². The zero-order valence-corrected chi connectivity index (χ0v) is 22.2. The highest BCUT2D eigenvalue weighted by atomic mass is 35.5. The molecular formula is C25H25Cl2FN2O5S. The van der Waals surface area contributed by atoms with E-state index in [9.17, 15) is 17.6 Å². The number of benzene rings is 3.